The Labute approximate surface area is 188 Å². The van der Waals surface area contributed by atoms with Crippen LogP contribution in [0.25, 0.3) is 10.8 Å². The molecular weight excluding hydrogens is 421 g/mol. The standard InChI is InChI=1S/C14H20N2O2.C9H6ClN.ClH/c1-2-13(11-4-8-17-9-5-11)14(16-6-1)18-12-3-7-15-10-12;10-9-5-7-3-1-2-4-8(7)6-11-9;/h1-2,6,11-12,15H,3-5,7-10H2;1-6H;1H/t12-;;/m0../s1. The Balaban J connectivity index is 0.000000184. The van der Waals surface area contributed by atoms with Crippen LogP contribution in [0.15, 0.2) is 54.9 Å². The second-order valence-corrected chi connectivity index (χ2v) is 7.76. The number of fused-ring (bicyclic) bond motifs is 1. The highest BCUT2D eigenvalue weighted by atomic mass is 35.5. The van der Waals surface area contributed by atoms with Crippen LogP contribution in [-0.4, -0.2) is 42.4 Å². The predicted octanol–water partition coefficient (Wildman–Crippen LogP) is 5.03. The highest BCUT2D eigenvalue weighted by Gasteiger charge is 2.23. The van der Waals surface area contributed by atoms with Gasteiger partial charge in [-0.3, -0.25) is 0 Å². The number of hydrogen-bond donors (Lipinski definition) is 1. The molecule has 2 saturated heterocycles. The number of pyridine rings is 2. The average molecular weight is 448 g/mol. The van der Waals surface area contributed by atoms with Crippen LogP contribution in [0, 0.1) is 0 Å². The molecule has 2 fully saturated rings. The highest BCUT2D eigenvalue weighted by Crippen LogP contribution is 2.32. The van der Waals surface area contributed by atoms with Gasteiger partial charge in [-0.1, -0.05) is 41.9 Å². The summed E-state index contributed by atoms with van der Waals surface area (Å²) in [5.41, 5.74) is 1.26. The summed E-state index contributed by atoms with van der Waals surface area (Å²) in [6.45, 7) is 3.68. The van der Waals surface area contributed by atoms with Crippen molar-refractivity contribution in [3.63, 3.8) is 0 Å². The van der Waals surface area contributed by atoms with E-state index >= 15 is 0 Å². The molecule has 2 aliphatic rings. The van der Waals surface area contributed by atoms with Gasteiger partial charge in [0.1, 0.15) is 11.3 Å². The summed E-state index contributed by atoms with van der Waals surface area (Å²) in [5, 5.41) is 6.12. The van der Waals surface area contributed by atoms with Crippen molar-refractivity contribution in [2.75, 3.05) is 26.3 Å². The van der Waals surface area contributed by atoms with Crippen LogP contribution in [0.3, 0.4) is 0 Å². The minimum Gasteiger partial charge on any atom is -0.473 e. The van der Waals surface area contributed by atoms with Gasteiger partial charge in [0.25, 0.3) is 0 Å². The first-order valence-electron chi connectivity index (χ1n) is 10.2. The number of nitrogens with one attached hydrogen (secondary N) is 1. The normalized spacial score (nSPS) is 18.9. The van der Waals surface area contributed by atoms with Gasteiger partial charge in [-0.25, -0.2) is 9.97 Å². The lowest BCUT2D eigenvalue weighted by Gasteiger charge is -2.24. The second kappa shape index (κ2) is 11.5. The third-order valence-corrected chi connectivity index (χ3v) is 5.56. The van der Waals surface area contributed by atoms with E-state index in [1.165, 1.54) is 5.56 Å². The molecule has 0 amide bonds. The molecule has 0 aliphatic carbocycles. The quantitative estimate of drug-likeness (QED) is 0.570. The van der Waals surface area contributed by atoms with Gasteiger partial charge in [0.05, 0.1) is 0 Å². The first-order chi connectivity index (χ1) is 14.3. The van der Waals surface area contributed by atoms with E-state index in [9.17, 15) is 0 Å². The van der Waals surface area contributed by atoms with Gasteiger partial charge >= 0.3 is 0 Å². The molecule has 7 heteroatoms. The molecule has 0 bridgehead atoms. The van der Waals surface area contributed by atoms with Crippen LogP contribution in [0.5, 0.6) is 5.88 Å². The molecular formula is C23H27Cl2N3O2. The molecule has 0 radical (unpaired) electrons. The molecule has 0 spiro atoms. The summed E-state index contributed by atoms with van der Waals surface area (Å²) in [6.07, 6.45) is 7.09. The zero-order valence-electron chi connectivity index (χ0n) is 16.8. The summed E-state index contributed by atoms with van der Waals surface area (Å²) >= 11 is 5.71. The number of nitrogens with zero attached hydrogens (tertiary/aromatic N) is 2. The first kappa shape index (κ1) is 22.8. The number of benzene rings is 1. The summed E-state index contributed by atoms with van der Waals surface area (Å²) < 4.78 is 11.5. The van der Waals surface area contributed by atoms with Gasteiger partial charge in [-0.15, -0.1) is 12.4 Å². The van der Waals surface area contributed by atoms with Crippen molar-refractivity contribution in [2.24, 2.45) is 0 Å². The monoisotopic (exact) mass is 447 g/mol. The van der Waals surface area contributed by atoms with Crippen molar-refractivity contribution in [3.8, 4) is 5.88 Å². The lowest BCUT2D eigenvalue weighted by atomic mass is 9.92. The Morgan fingerprint density at radius 2 is 1.80 bits per heavy atom. The van der Waals surface area contributed by atoms with Gasteiger partial charge in [-0.05, 0) is 49.2 Å². The Morgan fingerprint density at radius 3 is 2.57 bits per heavy atom. The van der Waals surface area contributed by atoms with Crippen molar-refractivity contribution in [1.82, 2.24) is 15.3 Å². The number of ether oxygens (including phenoxy) is 2. The van der Waals surface area contributed by atoms with Crippen LogP contribution in [0.1, 0.15) is 30.7 Å². The molecule has 0 saturated carbocycles. The molecule has 2 aromatic heterocycles. The zero-order chi connectivity index (χ0) is 19.9. The largest absolute Gasteiger partial charge is 0.473 e. The SMILES string of the molecule is Cl.Clc1cc2ccccc2cn1.c1cnc(O[C@H]2CCNC2)c(C2CCOCC2)c1. The molecule has 4 heterocycles. The molecule has 1 aromatic carbocycles. The maximum Gasteiger partial charge on any atom is 0.217 e. The highest BCUT2D eigenvalue weighted by molar-refractivity contribution is 6.30. The molecule has 1 atom stereocenters. The minimum atomic E-state index is 0. The molecule has 2 aliphatic heterocycles. The number of halogens is 2. The molecule has 5 rings (SSSR count). The van der Waals surface area contributed by atoms with Crippen molar-refractivity contribution < 1.29 is 9.47 Å². The third kappa shape index (κ3) is 6.05. The predicted molar refractivity (Wildman–Crippen MR) is 123 cm³/mol. The van der Waals surface area contributed by atoms with Crippen LogP contribution < -0.4 is 10.1 Å². The number of hydrogen-bond acceptors (Lipinski definition) is 5. The number of aromatic nitrogens is 2. The Kier molecular flexibility index (Phi) is 8.70. The lowest BCUT2D eigenvalue weighted by Crippen LogP contribution is -2.22. The summed E-state index contributed by atoms with van der Waals surface area (Å²) in [7, 11) is 0. The lowest BCUT2D eigenvalue weighted by molar-refractivity contribution is 0.0839. The van der Waals surface area contributed by atoms with Gasteiger partial charge in [0, 0.05) is 43.1 Å². The Hall–Kier alpha value is -1.92. The Morgan fingerprint density at radius 1 is 1.00 bits per heavy atom. The van der Waals surface area contributed by atoms with Crippen molar-refractivity contribution in [3.05, 3.63) is 65.6 Å². The van der Waals surface area contributed by atoms with E-state index in [1.807, 2.05) is 42.6 Å². The minimum absolute atomic E-state index is 0. The number of rotatable bonds is 3. The first-order valence-corrected chi connectivity index (χ1v) is 10.6. The zero-order valence-corrected chi connectivity index (χ0v) is 18.4. The molecule has 1 N–H and O–H groups in total. The van der Waals surface area contributed by atoms with E-state index in [2.05, 4.69) is 21.4 Å². The van der Waals surface area contributed by atoms with Crippen molar-refractivity contribution in [1.29, 1.82) is 0 Å². The molecule has 3 aromatic rings. The van der Waals surface area contributed by atoms with Gasteiger partial charge in [0.15, 0.2) is 0 Å². The Bertz CT molecular complexity index is 929. The van der Waals surface area contributed by atoms with Crippen LogP contribution in [0.4, 0.5) is 0 Å². The van der Waals surface area contributed by atoms with Crippen molar-refractivity contribution >= 4 is 34.8 Å². The van der Waals surface area contributed by atoms with E-state index in [0.29, 0.717) is 11.1 Å². The van der Waals surface area contributed by atoms with E-state index in [-0.39, 0.29) is 18.5 Å². The summed E-state index contributed by atoms with van der Waals surface area (Å²) in [4.78, 5) is 8.40. The van der Waals surface area contributed by atoms with Gasteiger partial charge < -0.3 is 14.8 Å². The average Bonchev–Trinajstić information content (AvgIpc) is 3.28. The summed E-state index contributed by atoms with van der Waals surface area (Å²) in [6, 6.07) is 14.0. The van der Waals surface area contributed by atoms with Crippen LogP contribution in [-0.2, 0) is 4.74 Å². The van der Waals surface area contributed by atoms with Crippen LogP contribution >= 0.6 is 24.0 Å². The fourth-order valence-electron chi connectivity index (χ4n) is 3.76. The maximum atomic E-state index is 6.05. The van der Waals surface area contributed by atoms with E-state index in [4.69, 9.17) is 21.1 Å². The second-order valence-electron chi connectivity index (χ2n) is 7.37. The van der Waals surface area contributed by atoms with Crippen molar-refractivity contribution in [2.45, 2.75) is 31.3 Å². The maximum absolute atomic E-state index is 6.05. The molecule has 0 unspecified atom stereocenters. The molecule has 160 valence electrons. The van der Waals surface area contributed by atoms with Crippen LogP contribution in [0.2, 0.25) is 5.15 Å². The smallest absolute Gasteiger partial charge is 0.217 e. The fraction of sp³-hybridized carbons (Fsp3) is 0.391. The van der Waals surface area contributed by atoms with Gasteiger partial charge in [-0.2, -0.15) is 0 Å². The van der Waals surface area contributed by atoms with E-state index in [1.54, 1.807) is 6.20 Å². The molecule has 5 nitrogen and oxygen atoms in total. The molecule has 30 heavy (non-hydrogen) atoms. The summed E-state index contributed by atoms with van der Waals surface area (Å²) in [5.74, 6) is 1.37. The topological polar surface area (TPSA) is 56.3 Å². The fourth-order valence-corrected chi connectivity index (χ4v) is 3.93. The van der Waals surface area contributed by atoms with E-state index < -0.39 is 0 Å². The van der Waals surface area contributed by atoms with Gasteiger partial charge in [0.2, 0.25) is 5.88 Å². The van der Waals surface area contributed by atoms with E-state index in [0.717, 1.165) is 62.2 Å². The third-order valence-electron chi connectivity index (χ3n) is 5.35.